The molecule has 0 saturated carbocycles. The summed E-state index contributed by atoms with van der Waals surface area (Å²) in [5.74, 6) is 0.798. The molecule has 25 heavy (non-hydrogen) atoms. The molecule has 6 heteroatoms. The van der Waals surface area contributed by atoms with E-state index in [1.807, 2.05) is 25.1 Å². The average molecular weight is 340 g/mol. The van der Waals surface area contributed by atoms with Crippen LogP contribution in [0.2, 0.25) is 0 Å². The highest BCUT2D eigenvalue weighted by molar-refractivity contribution is 6.04. The number of hydrogen-bond acceptors (Lipinski definition) is 4. The Morgan fingerprint density at radius 1 is 1.36 bits per heavy atom. The molecule has 1 saturated heterocycles. The predicted octanol–water partition coefficient (Wildman–Crippen LogP) is 2.76. The van der Waals surface area contributed by atoms with Crippen LogP contribution in [0.3, 0.4) is 0 Å². The fraction of sp³-hybridized carbons (Fsp3) is 0.474. The summed E-state index contributed by atoms with van der Waals surface area (Å²) < 4.78 is 7.32. The number of aromatic amines is 1. The lowest BCUT2D eigenvalue weighted by Gasteiger charge is -2.23. The van der Waals surface area contributed by atoms with Gasteiger partial charge in [-0.1, -0.05) is 6.92 Å². The van der Waals surface area contributed by atoms with Crippen LogP contribution in [0, 0.1) is 0 Å². The number of ether oxygens (including phenoxy) is 1. The molecular formula is C19H24N4O2. The second-order valence-electron chi connectivity index (χ2n) is 6.62. The van der Waals surface area contributed by atoms with Crippen LogP contribution in [-0.4, -0.2) is 45.2 Å². The number of likely N-dealkylation sites (N-methyl/N-ethyl adjacent to an activating group) is 1. The van der Waals surface area contributed by atoms with E-state index in [0.29, 0.717) is 24.7 Å². The van der Waals surface area contributed by atoms with Gasteiger partial charge in [0.1, 0.15) is 16.8 Å². The Balaban J connectivity index is 1.75. The predicted molar refractivity (Wildman–Crippen MR) is 99.3 cm³/mol. The van der Waals surface area contributed by atoms with Gasteiger partial charge in [-0.15, -0.1) is 0 Å². The second-order valence-corrected chi connectivity index (χ2v) is 6.62. The third-order valence-corrected chi connectivity index (χ3v) is 5.17. The fourth-order valence-electron chi connectivity index (χ4n) is 3.90. The van der Waals surface area contributed by atoms with Gasteiger partial charge in [0.05, 0.1) is 12.9 Å². The Kier molecular flexibility index (Phi) is 4.21. The van der Waals surface area contributed by atoms with Crippen molar-refractivity contribution in [2.45, 2.75) is 39.3 Å². The normalized spacial score (nSPS) is 18.4. The molecule has 3 heterocycles. The van der Waals surface area contributed by atoms with Crippen molar-refractivity contribution in [3.05, 3.63) is 34.9 Å². The van der Waals surface area contributed by atoms with Crippen LogP contribution in [0.25, 0.3) is 21.9 Å². The summed E-state index contributed by atoms with van der Waals surface area (Å²) in [4.78, 5) is 23.2. The molecule has 1 aromatic carbocycles. The number of nitrogens with zero attached hydrogens (tertiary/aromatic N) is 3. The van der Waals surface area contributed by atoms with Crippen molar-refractivity contribution in [1.82, 2.24) is 19.4 Å². The van der Waals surface area contributed by atoms with Gasteiger partial charge >= 0.3 is 0 Å². The van der Waals surface area contributed by atoms with Gasteiger partial charge in [-0.2, -0.15) is 0 Å². The van der Waals surface area contributed by atoms with Gasteiger partial charge < -0.3 is 9.72 Å². The van der Waals surface area contributed by atoms with Crippen molar-refractivity contribution in [2.75, 3.05) is 19.7 Å². The Labute approximate surface area is 146 Å². The van der Waals surface area contributed by atoms with Crippen LogP contribution in [0.1, 0.15) is 26.7 Å². The summed E-state index contributed by atoms with van der Waals surface area (Å²) in [6.45, 7) is 7.60. The molecular weight excluding hydrogens is 316 g/mol. The molecule has 1 N–H and O–H groups in total. The van der Waals surface area contributed by atoms with E-state index in [0.717, 1.165) is 41.7 Å². The third kappa shape index (κ3) is 2.80. The van der Waals surface area contributed by atoms with E-state index in [-0.39, 0.29) is 5.56 Å². The highest BCUT2D eigenvalue weighted by atomic mass is 16.5. The minimum atomic E-state index is 0.00196. The molecule has 0 amide bonds. The summed E-state index contributed by atoms with van der Waals surface area (Å²) in [6.07, 6.45) is 4.04. The van der Waals surface area contributed by atoms with Crippen LogP contribution in [0.15, 0.2) is 29.3 Å². The van der Waals surface area contributed by atoms with Gasteiger partial charge in [-0.05, 0) is 51.1 Å². The molecule has 1 aliphatic heterocycles. The largest absolute Gasteiger partial charge is 0.494 e. The zero-order valence-electron chi connectivity index (χ0n) is 14.8. The maximum absolute atomic E-state index is 12.9. The molecule has 0 aliphatic carbocycles. The van der Waals surface area contributed by atoms with Crippen LogP contribution in [-0.2, 0) is 6.54 Å². The highest BCUT2D eigenvalue weighted by Crippen LogP contribution is 2.26. The lowest BCUT2D eigenvalue weighted by Crippen LogP contribution is -2.36. The number of likely N-dealkylation sites (tertiary alicyclic amines) is 1. The molecule has 132 valence electrons. The number of rotatable bonds is 5. The first-order chi connectivity index (χ1) is 12.2. The second kappa shape index (κ2) is 6.52. The first-order valence-corrected chi connectivity index (χ1v) is 9.09. The smallest absolute Gasteiger partial charge is 0.277 e. The van der Waals surface area contributed by atoms with Crippen molar-refractivity contribution < 1.29 is 4.74 Å². The average Bonchev–Trinajstić information content (AvgIpc) is 3.22. The molecule has 0 unspecified atom stereocenters. The van der Waals surface area contributed by atoms with Crippen molar-refractivity contribution in [2.24, 2.45) is 0 Å². The third-order valence-electron chi connectivity index (χ3n) is 5.17. The zero-order chi connectivity index (χ0) is 17.4. The topological polar surface area (TPSA) is 63.2 Å². The number of nitrogens with one attached hydrogen (secondary N) is 1. The summed E-state index contributed by atoms with van der Waals surface area (Å²) in [5, 5.41) is 0.932. The Bertz CT molecular complexity index is 959. The summed E-state index contributed by atoms with van der Waals surface area (Å²) in [7, 11) is 0. The van der Waals surface area contributed by atoms with Crippen molar-refractivity contribution >= 4 is 21.9 Å². The Morgan fingerprint density at radius 3 is 3.04 bits per heavy atom. The number of aromatic nitrogens is 3. The van der Waals surface area contributed by atoms with Gasteiger partial charge in [0.15, 0.2) is 0 Å². The van der Waals surface area contributed by atoms with E-state index in [2.05, 4.69) is 21.8 Å². The summed E-state index contributed by atoms with van der Waals surface area (Å²) in [6, 6.07) is 6.24. The van der Waals surface area contributed by atoms with Gasteiger partial charge in [0.25, 0.3) is 5.56 Å². The van der Waals surface area contributed by atoms with Crippen molar-refractivity contribution in [3.63, 3.8) is 0 Å². The van der Waals surface area contributed by atoms with Gasteiger partial charge in [0.2, 0.25) is 0 Å². The molecule has 1 atom stereocenters. The van der Waals surface area contributed by atoms with Crippen LogP contribution < -0.4 is 10.3 Å². The first-order valence-electron chi connectivity index (χ1n) is 9.09. The SMILES string of the molecule is CCOc1ccc2[nH]c3c(=O)n(C[C@H]4CCCN4CC)cnc3c2c1. The molecule has 1 aliphatic rings. The van der Waals surface area contributed by atoms with E-state index < -0.39 is 0 Å². The van der Waals surface area contributed by atoms with E-state index >= 15 is 0 Å². The number of fused-ring (bicyclic) bond motifs is 3. The van der Waals surface area contributed by atoms with E-state index in [1.165, 1.54) is 6.42 Å². The Hall–Kier alpha value is -2.34. The molecule has 0 bridgehead atoms. The maximum Gasteiger partial charge on any atom is 0.277 e. The van der Waals surface area contributed by atoms with E-state index in [1.54, 1.807) is 10.9 Å². The minimum Gasteiger partial charge on any atom is -0.494 e. The van der Waals surface area contributed by atoms with Gasteiger partial charge in [0, 0.05) is 23.5 Å². The molecule has 4 rings (SSSR count). The van der Waals surface area contributed by atoms with Crippen molar-refractivity contribution in [3.8, 4) is 5.75 Å². The number of H-pyrrole nitrogens is 1. The monoisotopic (exact) mass is 340 g/mol. The summed E-state index contributed by atoms with van der Waals surface area (Å²) >= 11 is 0. The standard InChI is InChI=1S/C19H24N4O2/c1-3-22-9-5-6-13(22)11-23-12-20-17-15-10-14(25-4-2)7-8-16(15)21-18(17)19(23)24/h7-8,10,12-13,21H,3-6,9,11H2,1-2H3/t13-/m1/s1. The maximum atomic E-state index is 12.9. The van der Waals surface area contributed by atoms with Crippen molar-refractivity contribution in [1.29, 1.82) is 0 Å². The molecule has 2 aromatic heterocycles. The number of benzene rings is 1. The minimum absolute atomic E-state index is 0.00196. The molecule has 0 radical (unpaired) electrons. The van der Waals surface area contributed by atoms with Crippen LogP contribution in [0.4, 0.5) is 0 Å². The van der Waals surface area contributed by atoms with E-state index in [9.17, 15) is 4.79 Å². The quantitative estimate of drug-likeness (QED) is 0.776. The Morgan fingerprint density at radius 2 is 2.24 bits per heavy atom. The van der Waals surface area contributed by atoms with Crippen LogP contribution >= 0.6 is 0 Å². The highest BCUT2D eigenvalue weighted by Gasteiger charge is 2.24. The van der Waals surface area contributed by atoms with E-state index in [4.69, 9.17) is 4.74 Å². The lowest BCUT2D eigenvalue weighted by molar-refractivity contribution is 0.242. The molecule has 6 nitrogen and oxygen atoms in total. The van der Waals surface area contributed by atoms with Gasteiger partial charge in [-0.25, -0.2) is 4.98 Å². The molecule has 3 aromatic rings. The molecule has 1 fully saturated rings. The first kappa shape index (κ1) is 16.1. The fourth-order valence-corrected chi connectivity index (χ4v) is 3.90. The molecule has 0 spiro atoms. The van der Waals surface area contributed by atoms with Gasteiger partial charge in [-0.3, -0.25) is 14.3 Å². The van der Waals surface area contributed by atoms with Crippen LogP contribution in [0.5, 0.6) is 5.75 Å². The lowest BCUT2D eigenvalue weighted by atomic mass is 10.2. The summed E-state index contributed by atoms with van der Waals surface area (Å²) in [5.41, 5.74) is 2.21. The zero-order valence-corrected chi connectivity index (χ0v) is 14.8. The number of hydrogen-bond donors (Lipinski definition) is 1.